The highest BCUT2D eigenvalue weighted by Gasteiger charge is 2.19. The molecule has 1 aromatic carbocycles. The first-order chi connectivity index (χ1) is 8.95. The van der Waals surface area contributed by atoms with Crippen LogP contribution in [0.15, 0.2) is 18.2 Å². The minimum Gasteiger partial charge on any atom is -0.481 e. The third-order valence-corrected chi connectivity index (χ3v) is 2.85. The molecule has 1 heterocycles. The standard InChI is InChI=1S/C13H14N2O4/c1-7(4-12(17)18)14-13(19)8-2-3-10-9(5-8)6-11(16)15-10/h2-3,5,7H,4,6H2,1H3,(H,14,19)(H,15,16)(H,17,18). The van der Waals surface area contributed by atoms with E-state index in [9.17, 15) is 14.4 Å². The number of carbonyl (C=O) groups is 3. The van der Waals surface area contributed by atoms with E-state index >= 15 is 0 Å². The monoisotopic (exact) mass is 262 g/mol. The molecule has 2 amide bonds. The summed E-state index contributed by atoms with van der Waals surface area (Å²) in [4.78, 5) is 33.6. The molecule has 0 saturated carbocycles. The summed E-state index contributed by atoms with van der Waals surface area (Å²) >= 11 is 0. The highest BCUT2D eigenvalue weighted by atomic mass is 16.4. The van der Waals surface area contributed by atoms with Gasteiger partial charge in [-0.1, -0.05) is 0 Å². The molecule has 3 N–H and O–H groups in total. The Kier molecular flexibility index (Phi) is 3.50. The summed E-state index contributed by atoms with van der Waals surface area (Å²) in [6, 6.07) is 4.48. The average molecular weight is 262 g/mol. The van der Waals surface area contributed by atoms with Gasteiger partial charge in [-0.3, -0.25) is 14.4 Å². The van der Waals surface area contributed by atoms with E-state index in [0.29, 0.717) is 5.56 Å². The number of carboxylic acids is 1. The number of fused-ring (bicyclic) bond motifs is 1. The van der Waals surface area contributed by atoms with Gasteiger partial charge in [-0.25, -0.2) is 0 Å². The molecule has 0 saturated heterocycles. The minimum atomic E-state index is -0.962. The molecule has 2 rings (SSSR count). The lowest BCUT2D eigenvalue weighted by molar-refractivity contribution is -0.137. The molecule has 1 aliphatic rings. The highest BCUT2D eigenvalue weighted by Crippen LogP contribution is 2.23. The van der Waals surface area contributed by atoms with Crippen LogP contribution in [-0.4, -0.2) is 28.9 Å². The summed E-state index contributed by atoms with van der Waals surface area (Å²) in [7, 11) is 0. The third kappa shape index (κ3) is 3.09. The topological polar surface area (TPSA) is 95.5 Å². The average Bonchev–Trinajstić information content (AvgIpc) is 2.66. The number of nitrogens with one attached hydrogen (secondary N) is 2. The first-order valence-electron chi connectivity index (χ1n) is 5.91. The molecule has 6 nitrogen and oxygen atoms in total. The van der Waals surface area contributed by atoms with Crippen LogP contribution in [0.1, 0.15) is 29.3 Å². The first kappa shape index (κ1) is 13.1. The fourth-order valence-corrected chi connectivity index (χ4v) is 1.99. The van der Waals surface area contributed by atoms with Crippen molar-refractivity contribution in [2.75, 3.05) is 5.32 Å². The fourth-order valence-electron chi connectivity index (χ4n) is 1.99. The van der Waals surface area contributed by atoms with Gasteiger partial charge in [0.1, 0.15) is 0 Å². The zero-order valence-corrected chi connectivity index (χ0v) is 10.4. The van der Waals surface area contributed by atoms with Gasteiger partial charge in [0.25, 0.3) is 5.91 Å². The van der Waals surface area contributed by atoms with Crippen molar-refractivity contribution in [1.82, 2.24) is 5.32 Å². The van der Waals surface area contributed by atoms with Crippen LogP contribution in [0.3, 0.4) is 0 Å². The number of aliphatic carboxylic acids is 1. The van der Waals surface area contributed by atoms with E-state index in [1.54, 1.807) is 25.1 Å². The van der Waals surface area contributed by atoms with Crippen LogP contribution < -0.4 is 10.6 Å². The van der Waals surface area contributed by atoms with Crippen molar-refractivity contribution < 1.29 is 19.5 Å². The summed E-state index contributed by atoms with van der Waals surface area (Å²) in [6.07, 6.45) is 0.137. The van der Waals surface area contributed by atoms with Crippen molar-refractivity contribution >= 4 is 23.5 Å². The van der Waals surface area contributed by atoms with Gasteiger partial charge < -0.3 is 15.7 Å². The van der Waals surface area contributed by atoms with E-state index in [2.05, 4.69) is 10.6 Å². The maximum absolute atomic E-state index is 11.9. The number of hydrogen-bond donors (Lipinski definition) is 3. The van der Waals surface area contributed by atoms with Gasteiger partial charge in [0, 0.05) is 17.3 Å². The Morgan fingerprint density at radius 3 is 2.89 bits per heavy atom. The number of anilines is 1. The van der Waals surface area contributed by atoms with E-state index in [0.717, 1.165) is 11.3 Å². The normalized spacial score (nSPS) is 14.5. The summed E-state index contributed by atoms with van der Waals surface area (Å²) in [5.41, 5.74) is 1.93. The Labute approximate surface area is 109 Å². The van der Waals surface area contributed by atoms with Gasteiger partial charge in [-0.05, 0) is 30.7 Å². The Hall–Kier alpha value is -2.37. The van der Waals surface area contributed by atoms with Crippen molar-refractivity contribution in [2.24, 2.45) is 0 Å². The zero-order chi connectivity index (χ0) is 14.0. The smallest absolute Gasteiger partial charge is 0.305 e. The van der Waals surface area contributed by atoms with Crippen LogP contribution >= 0.6 is 0 Å². The number of hydrogen-bond acceptors (Lipinski definition) is 3. The zero-order valence-electron chi connectivity index (χ0n) is 10.4. The molecule has 0 spiro atoms. The van der Waals surface area contributed by atoms with E-state index in [1.165, 1.54) is 0 Å². The predicted molar refractivity (Wildman–Crippen MR) is 68.0 cm³/mol. The molecule has 1 unspecified atom stereocenters. The summed E-state index contributed by atoms with van der Waals surface area (Å²) in [5.74, 6) is -1.39. The molecule has 19 heavy (non-hydrogen) atoms. The Morgan fingerprint density at radius 2 is 2.21 bits per heavy atom. The highest BCUT2D eigenvalue weighted by molar-refractivity contribution is 6.01. The number of benzene rings is 1. The van der Waals surface area contributed by atoms with Gasteiger partial charge in [-0.2, -0.15) is 0 Å². The second kappa shape index (κ2) is 5.09. The van der Waals surface area contributed by atoms with E-state index < -0.39 is 12.0 Å². The predicted octanol–water partition coefficient (Wildman–Crippen LogP) is 0.774. The Bertz CT molecular complexity index is 554. The van der Waals surface area contributed by atoms with Crippen LogP contribution in [0.5, 0.6) is 0 Å². The van der Waals surface area contributed by atoms with Crippen molar-refractivity contribution in [1.29, 1.82) is 0 Å². The summed E-state index contributed by atoms with van der Waals surface area (Å²) in [5, 5.41) is 13.9. The van der Waals surface area contributed by atoms with Crippen molar-refractivity contribution in [3.8, 4) is 0 Å². The SMILES string of the molecule is CC(CC(=O)O)NC(=O)c1ccc2c(c1)CC(=O)N2. The number of rotatable bonds is 4. The summed E-state index contributed by atoms with van der Waals surface area (Å²) in [6.45, 7) is 1.63. The Balaban J connectivity index is 2.06. The van der Waals surface area contributed by atoms with E-state index in [1.807, 2.05) is 0 Å². The molecule has 6 heteroatoms. The second-order valence-electron chi connectivity index (χ2n) is 4.57. The molecule has 0 aromatic heterocycles. The number of amides is 2. The lowest BCUT2D eigenvalue weighted by atomic mass is 10.1. The second-order valence-corrected chi connectivity index (χ2v) is 4.57. The van der Waals surface area contributed by atoms with E-state index in [-0.39, 0.29) is 24.7 Å². The molecule has 100 valence electrons. The Morgan fingerprint density at radius 1 is 1.47 bits per heavy atom. The third-order valence-electron chi connectivity index (χ3n) is 2.85. The van der Waals surface area contributed by atoms with Gasteiger partial charge in [-0.15, -0.1) is 0 Å². The molecule has 1 aromatic rings. The van der Waals surface area contributed by atoms with Crippen LogP contribution in [-0.2, 0) is 16.0 Å². The lowest BCUT2D eigenvalue weighted by Gasteiger charge is -2.12. The van der Waals surface area contributed by atoms with Crippen molar-refractivity contribution in [3.05, 3.63) is 29.3 Å². The molecular weight excluding hydrogens is 248 g/mol. The van der Waals surface area contributed by atoms with Crippen molar-refractivity contribution in [2.45, 2.75) is 25.8 Å². The minimum absolute atomic E-state index is 0.0909. The van der Waals surface area contributed by atoms with Gasteiger partial charge in [0.2, 0.25) is 5.91 Å². The molecule has 0 fully saturated rings. The molecule has 0 aliphatic carbocycles. The lowest BCUT2D eigenvalue weighted by Crippen LogP contribution is -2.34. The molecular formula is C13H14N2O4. The largest absolute Gasteiger partial charge is 0.481 e. The van der Waals surface area contributed by atoms with Gasteiger partial charge in [0.05, 0.1) is 12.8 Å². The van der Waals surface area contributed by atoms with Crippen molar-refractivity contribution in [3.63, 3.8) is 0 Å². The van der Waals surface area contributed by atoms with Gasteiger partial charge in [0.15, 0.2) is 0 Å². The molecule has 0 bridgehead atoms. The maximum Gasteiger partial charge on any atom is 0.305 e. The van der Waals surface area contributed by atoms with Crippen LogP contribution in [0.2, 0.25) is 0 Å². The number of carboxylic acid groups (broad SMARTS) is 1. The van der Waals surface area contributed by atoms with Gasteiger partial charge >= 0.3 is 5.97 Å². The van der Waals surface area contributed by atoms with E-state index in [4.69, 9.17) is 5.11 Å². The number of carbonyl (C=O) groups excluding carboxylic acids is 2. The molecule has 1 atom stereocenters. The first-order valence-corrected chi connectivity index (χ1v) is 5.91. The molecule has 0 radical (unpaired) electrons. The van der Waals surface area contributed by atoms with Crippen LogP contribution in [0.4, 0.5) is 5.69 Å². The summed E-state index contributed by atoms with van der Waals surface area (Å²) < 4.78 is 0. The molecule has 1 aliphatic heterocycles. The van der Waals surface area contributed by atoms with Crippen LogP contribution in [0.25, 0.3) is 0 Å². The quantitative estimate of drug-likeness (QED) is 0.747. The maximum atomic E-state index is 11.9. The fraction of sp³-hybridized carbons (Fsp3) is 0.308. The van der Waals surface area contributed by atoms with Crippen LogP contribution in [0, 0.1) is 0 Å².